The molecule has 0 radical (unpaired) electrons. The van der Waals surface area contributed by atoms with Crippen molar-refractivity contribution in [3.63, 3.8) is 0 Å². The van der Waals surface area contributed by atoms with Gasteiger partial charge in [0.2, 0.25) is 0 Å². The topological polar surface area (TPSA) is 30.7 Å². The second-order valence-corrected chi connectivity index (χ2v) is 7.42. The standard InChI is InChI=1S/C16H13Cl2N3S2/c1-2-7-21-15(14-4-3-8-22-14)19-20-16(21)23-10-11-5-6-12(17)13(18)9-11/h2-6,8-9H,1,7,10H2. The van der Waals surface area contributed by atoms with Crippen LogP contribution < -0.4 is 0 Å². The summed E-state index contributed by atoms with van der Waals surface area (Å²) in [7, 11) is 0. The maximum absolute atomic E-state index is 6.06. The van der Waals surface area contributed by atoms with Crippen LogP contribution in [0.25, 0.3) is 10.7 Å². The summed E-state index contributed by atoms with van der Waals surface area (Å²) in [6.45, 7) is 4.49. The third kappa shape index (κ3) is 3.80. The number of hydrogen-bond acceptors (Lipinski definition) is 4. The first-order valence-electron chi connectivity index (χ1n) is 6.83. The molecule has 1 aromatic carbocycles. The van der Waals surface area contributed by atoms with Gasteiger partial charge in [-0.25, -0.2) is 0 Å². The molecule has 0 aliphatic carbocycles. The van der Waals surface area contributed by atoms with E-state index >= 15 is 0 Å². The summed E-state index contributed by atoms with van der Waals surface area (Å²) in [4.78, 5) is 1.10. The SMILES string of the molecule is C=CCn1c(SCc2ccc(Cl)c(Cl)c2)nnc1-c1cccs1. The van der Waals surface area contributed by atoms with Gasteiger partial charge < -0.3 is 0 Å². The number of thiophene rings is 1. The molecule has 3 aromatic rings. The molecule has 0 amide bonds. The summed E-state index contributed by atoms with van der Waals surface area (Å²) in [5.41, 5.74) is 1.09. The number of thioether (sulfide) groups is 1. The van der Waals surface area contributed by atoms with Gasteiger partial charge in [-0.1, -0.05) is 53.2 Å². The Kier molecular flexibility index (Phi) is 5.43. The van der Waals surface area contributed by atoms with E-state index in [0.29, 0.717) is 16.6 Å². The molecule has 0 spiro atoms. The number of halogens is 2. The molecule has 2 aromatic heterocycles. The average Bonchev–Trinajstić information content (AvgIpc) is 3.18. The minimum atomic E-state index is 0.565. The molecule has 3 rings (SSSR count). The molecule has 0 atom stereocenters. The maximum Gasteiger partial charge on any atom is 0.192 e. The van der Waals surface area contributed by atoms with Crippen molar-refractivity contribution in [2.24, 2.45) is 0 Å². The Labute approximate surface area is 153 Å². The Morgan fingerprint density at radius 1 is 1.22 bits per heavy atom. The molecule has 0 saturated carbocycles. The normalized spacial score (nSPS) is 10.9. The maximum atomic E-state index is 6.06. The summed E-state index contributed by atoms with van der Waals surface area (Å²) >= 11 is 15.3. The lowest BCUT2D eigenvalue weighted by atomic mass is 10.2. The van der Waals surface area contributed by atoms with Crippen LogP contribution in [0.3, 0.4) is 0 Å². The fraction of sp³-hybridized carbons (Fsp3) is 0.125. The van der Waals surface area contributed by atoms with Crippen LogP contribution in [0.2, 0.25) is 10.0 Å². The zero-order valence-electron chi connectivity index (χ0n) is 12.1. The highest BCUT2D eigenvalue weighted by atomic mass is 35.5. The van der Waals surface area contributed by atoms with Crippen LogP contribution in [-0.2, 0) is 12.3 Å². The highest BCUT2D eigenvalue weighted by molar-refractivity contribution is 7.98. The van der Waals surface area contributed by atoms with Crippen LogP contribution in [0.1, 0.15) is 5.56 Å². The van der Waals surface area contributed by atoms with Crippen LogP contribution in [0, 0.1) is 0 Å². The van der Waals surface area contributed by atoms with Crippen molar-refractivity contribution >= 4 is 46.3 Å². The molecule has 7 heteroatoms. The molecule has 0 fully saturated rings. The van der Waals surface area contributed by atoms with Crippen molar-refractivity contribution in [3.8, 4) is 10.7 Å². The van der Waals surface area contributed by atoms with Crippen LogP contribution in [0.5, 0.6) is 0 Å². The molecule has 118 valence electrons. The highest BCUT2D eigenvalue weighted by Gasteiger charge is 2.14. The zero-order valence-corrected chi connectivity index (χ0v) is 15.2. The fourth-order valence-electron chi connectivity index (χ4n) is 2.05. The van der Waals surface area contributed by atoms with Gasteiger partial charge in [-0.3, -0.25) is 4.57 Å². The quantitative estimate of drug-likeness (QED) is 0.399. The van der Waals surface area contributed by atoms with E-state index in [0.717, 1.165) is 27.2 Å². The molecular formula is C16H13Cl2N3S2. The lowest BCUT2D eigenvalue weighted by molar-refractivity contribution is 0.732. The molecule has 3 nitrogen and oxygen atoms in total. The average molecular weight is 382 g/mol. The molecule has 23 heavy (non-hydrogen) atoms. The van der Waals surface area contributed by atoms with Gasteiger partial charge in [0.15, 0.2) is 11.0 Å². The van der Waals surface area contributed by atoms with Crippen molar-refractivity contribution in [1.29, 1.82) is 0 Å². The van der Waals surface area contributed by atoms with Gasteiger partial charge in [-0.15, -0.1) is 28.1 Å². The number of benzene rings is 1. The summed E-state index contributed by atoms with van der Waals surface area (Å²) in [5, 5.41) is 12.7. The predicted octanol–water partition coefficient (Wildman–Crippen LogP) is 5.79. The van der Waals surface area contributed by atoms with Crippen LogP contribution >= 0.6 is 46.3 Å². The Bertz CT molecular complexity index is 813. The van der Waals surface area contributed by atoms with E-state index in [-0.39, 0.29) is 0 Å². The first kappa shape index (κ1) is 16.6. The molecule has 0 N–H and O–H groups in total. The summed E-state index contributed by atoms with van der Waals surface area (Å²) < 4.78 is 2.07. The second kappa shape index (κ2) is 7.53. The summed E-state index contributed by atoms with van der Waals surface area (Å²) in [6.07, 6.45) is 1.85. The van der Waals surface area contributed by atoms with Gasteiger partial charge in [-0.05, 0) is 29.1 Å². The van der Waals surface area contributed by atoms with Crippen molar-refractivity contribution < 1.29 is 0 Å². The molecule has 0 unspecified atom stereocenters. The fourth-order valence-corrected chi connectivity index (χ4v) is 3.98. The van der Waals surface area contributed by atoms with Crippen molar-refractivity contribution in [1.82, 2.24) is 14.8 Å². The number of rotatable bonds is 6. The van der Waals surface area contributed by atoms with Crippen molar-refractivity contribution in [2.45, 2.75) is 17.5 Å². The molecular weight excluding hydrogens is 369 g/mol. The van der Waals surface area contributed by atoms with Gasteiger partial charge >= 0.3 is 0 Å². The molecule has 0 aliphatic heterocycles. The smallest absolute Gasteiger partial charge is 0.192 e. The number of nitrogens with zero attached hydrogens (tertiary/aromatic N) is 3. The zero-order chi connectivity index (χ0) is 16.2. The van der Waals surface area contributed by atoms with Crippen molar-refractivity contribution in [2.75, 3.05) is 0 Å². The van der Waals surface area contributed by atoms with E-state index in [9.17, 15) is 0 Å². The minimum Gasteiger partial charge on any atom is -0.297 e. The van der Waals surface area contributed by atoms with Gasteiger partial charge in [0.05, 0.1) is 14.9 Å². The number of hydrogen-bond donors (Lipinski definition) is 0. The number of allylic oxidation sites excluding steroid dienone is 1. The van der Waals surface area contributed by atoms with E-state index < -0.39 is 0 Å². The molecule has 2 heterocycles. The lowest BCUT2D eigenvalue weighted by Crippen LogP contribution is -1.99. The summed E-state index contributed by atoms with van der Waals surface area (Å²) in [5.74, 6) is 1.62. The monoisotopic (exact) mass is 381 g/mol. The third-order valence-electron chi connectivity index (χ3n) is 3.12. The Morgan fingerprint density at radius 3 is 2.78 bits per heavy atom. The molecule has 0 aliphatic rings. The molecule has 0 bridgehead atoms. The molecule has 0 saturated heterocycles. The Balaban J connectivity index is 1.82. The minimum absolute atomic E-state index is 0.565. The van der Waals surface area contributed by atoms with E-state index in [4.69, 9.17) is 23.2 Å². The largest absolute Gasteiger partial charge is 0.297 e. The number of aromatic nitrogens is 3. The lowest BCUT2D eigenvalue weighted by Gasteiger charge is -2.07. The Hall–Kier alpha value is -1.27. The van der Waals surface area contributed by atoms with Crippen LogP contribution in [0.4, 0.5) is 0 Å². The van der Waals surface area contributed by atoms with Gasteiger partial charge in [-0.2, -0.15) is 0 Å². The summed E-state index contributed by atoms with van der Waals surface area (Å²) in [6, 6.07) is 9.71. The van der Waals surface area contributed by atoms with E-state index in [2.05, 4.69) is 21.3 Å². The second-order valence-electron chi connectivity index (χ2n) is 4.72. The van der Waals surface area contributed by atoms with Crippen LogP contribution in [-0.4, -0.2) is 14.8 Å². The Morgan fingerprint density at radius 2 is 2.09 bits per heavy atom. The van der Waals surface area contributed by atoms with Gasteiger partial charge in [0, 0.05) is 12.3 Å². The highest BCUT2D eigenvalue weighted by Crippen LogP contribution is 2.30. The van der Waals surface area contributed by atoms with Crippen molar-refractivity contribution in [3.05, 3.63) is 64.0 Å². The van der Waals surface area contributed by atoms with E-state index in [1.165, 1.54) is 0 Å². The van der Waals surface area contributed by atoms with Gasteiger partial charge in [0.1, 0.15) is 0 Å². The first-order chi connectivity index (χ1) is 11.2. The van der Waals surface area contributed by atoms with Gasteiger partial charge in [0.25, 0.3) is 0 Å². The van der Waals surface area contributed by atoms with E-state index in [1.54, 1.807) is 23.1 Å². The van der Waals surface area contributed by atoms with Crippen LogP contribution in [0.15, 0.2) is 53.5 Å². The van der Waals surface area contributed by atoms with E-state index in [1.807, 2.05) is 41.8 Å². The third-order valence-corrected chi connectivity index (χ3v) is 5.76. The first-order valence-corrected chi connectivity index (χ1v) is 9.46. The predicted molar refractivity (Wildman–Crippen MR) is 99.6 cm³/mol.